The molecule has 21 heavy (non-hydrogen) atoms. The van der Waals surface area contributed by atoms with Crippen molar-refractivity contribution in [3.8, 4) is 0 Å². The van der Waals surface area contributed by atoms with Gasteiger partial charge < -0.3 is 10.8 Å². The molecule has 8 heteroatoms. The maximum absolute atomic E-state index is 12.4. The maximum atomic E-state index is 12.4. The molecule has 1 saturated heterocycles. The van der Waals surface area contributed by atoms with Crippen LogP contribution in [0.4, 0.5) is 0 Å². The molecule has 1 heterocycles. The molecule has 0 aliphatic carbocycles. The topological polar surface area (TPSA) is 118 Å². The van der Waals surface area contributed by atoms with Crippen LogP contribution >= 0.6 is 0 Å². The summed E-state index contributed by atoms with van der Waals surface area (Å²) in [5.41, 5.74) is 5.32. The van der Waals surface area contributed by atoms with E-state index in [0.717, 1.165) is 4.31 Å². The number of carboxylic acid groups (broad SMARTS) is 1. The minimum absolute atomic E-state index is 0.0192. The standard InChI is InChI=1S/C13H16N2O5S/c1-8-6-15(7-11(8)13(17)18)21(19,20)10-4-2-9(3-5-10)12(14)16/h2-5,8,11H,6-7H2,1H3,(H2,14,16)(H,17,18). The number of carboxylic acids is 1. The number of carbonyl (C=O) groups is 2. The van der Waals surface area contributed by atoms with E-state index in [1.165, 1.54) is 24.3 Å². The molecule has 1 aromatic carbocycles. The Balaban J connectivity index is 2.27. The molecule has 1 aliphatic heterocycles. The van der Waals surface area contributed by atoms with Gasteiger partial charge in [-0.3, -0.25) is 9.59 Å². The lowest BCUT2D eigenvalue weighted by atomic mass is 9.99. The predicted molar refractivity (Wildman–Crippen MR) is 74.0 cm³/mol. The van der Waals surface area contributed by atoms with Crippen LogP contribution in [0.5, 0.6) is 0 Å². The molecular formula is C13H16N2O5S. The molecule has 3 N–H and O–H groups in total. The van der Waals surface area contributed by atoms with Crippen molar-refractivity contribution >= 4 is 21.9 Å². The molecule has 1 amide bonds. The third-order valence-corrected chi connectivity index (χ3v) is 5.52. The van der Waals surface area contributed by atoms with Crippen LogP contribution in [-0.2, 0) is 14.8 Å². The van der Waals surface area contributed by atoms with Crippen molar-refractivity contribution in [3.63, 3.8) is 0 Å². The molecule has 2 atom stereocenters. The second-order valence-corrected chi connectivity index (χ2v) is 7.07. The van der Waals surface area contributed by atoms with Crippen molar-refractivity contribution in [2.45, 2.75) is 11.8 Å². The minimum atomic E-state index is -3.76. The Bertz CT molecular complexity index is 668. The second-order valence-electron chi connectivity index (χ2n) is 5.13. The number of benzene rings is 1. The van der Waals surface area contributed by atoms with Crippen LogP contribution in [0.25, 0.3) is 0 Å². The number of rotatable bonds is 4. The summed E-state index contributed by atoms with van der Waals surface area (Å²) in [7, 11) is -3.76. The molecule has 0 radical (unpaired) electrons. The van der Waals surface area contributed by atoms with Crippen molar-refractivity contribution in [1.82, 2.24) is 4.31 Å². The third-order valence-electron chi connectivity index (χ3n) is 3.67. The first kappa shape index (κ1) is 15.5. The van der Waals surface area contributed by atoms with Crippen LogP contribution < -0.4 is 5.73 Å². The largest absolute Gasteiger partial charge is 0.481 e. The third kappa shape index (κ3) is 2.91. The molecule has 0 saturated carbocycles. The zero-order chi connectivity index (χ0) is 15.8. The van der Waals surface area contributed by atoms with E-state index in [-0.39, 0.29) is 29.5 Å². The van der Waals surface area contributed by atoms with Crippen molar-refractivity contribution in [1.29, 1.82) is 0 Å². The zero-order valence-corrected chi connectivity index (χ0v) is 12.2. The summed E-state index contributed by atoms with van der Waals surface area (Å²) in [4.78, 5) is 22.1. The van der Waals surface area contributed by atoms with Crippen molar-refractivity contribution in [2.24, 2.45) is 17.6 Å². The summed E-state index contributed by atoms with van der Waals surface area (Å²) in [6.07, 6.45) is 0. The van der Waals surface area contributed by atoms with Gasteiger partial charge in [-0.15, -0.1) is 0 Å². The van der Waals surface area contributed by atoms with E-state index in [2.05, 4.69) is 0 Å². The summed E-state index contributed by atoms with van der Waals surface area (Å²) in [5, 5.41) is 9.06. The number of hydrogen-bond donors (Lipinski definition) is 2. The molecule has 0 spiro atoms. The zero-order valence-electron chi connectivity index (χ0n) is 11.4. The van der Waals surface area contributed by atoms with Crippen LogP contribution in [-0.4, -0.2) is 42.8 Å². The molecule has 7 nitrogen and oxygen atoms in total. The highest BCUT2D eigenvalue weighted by atomic mass is 32.2. The van der Waals surface area contributed by atoms with E-state index < -0.39 is 27.8 Å². The molecule has 1 fully saturated rings. The van der Waals surface area contributed by atoms with E-state index in [1.807, 2.05) is 0 Å². The first-order chi connectivity index (χ1) is 9.73. The van der Waals surface area contributed by atoms with E-state index >= 15 is 0 Å². The molecule has 1 aliphatic rings. The number of amides is 1. The van der Waals surface area contributed by atoms with Gasteiger partial charge in [0.2, 0.25) is 15.9 Å². The van der Waals surface area contributed by atoms with Gasteiger partial charge in [0.15, 0.2) is 0 Å². The fourth-order valence-corrected chi connectivity index (χ4v) is 3.95. The lowest BCUT2D eigenvalue weighted by Crippen LogP contribution is -2.30. The van der Waals surface area contributed by atoms with Crippen LogP contribution in [0.3, 0.4) is 0 Å². The fourth-order valence-electron chi connectivity index (χ4n) is 2.38. The van der Waals surface area contributed by atoms with E-state index in [1.54, 1.807) is 6.92 Å². The van der Waals surface area contributed by atoms with Crippen LogP contribution in [0.1, 0.15) is 17.3 Å². The van der Waals surface area contributed by atoms with E-state index in [4.69, 9.17) is 10.8 Å². The normalized spacial score (nSPS) is 23.1. The second kappa shape index (κ2) is 5.45. The molecular weight excluding hydrogens is 296 g/mol. The molecule has 2 unspecified atom stereocenters. The summed E-state index contributed by atoms with van der Waals surface area (Å²) in [6, 6.07) is 5.27. The molecule has 114 valence electrons. The Labute approximate surface area is 122 Å². The summed E-state index contributed by atoms with van der Waals surface area (Å²) in [6.45, 7) is 1.83. The Morgan fingerprint density at radius 1 is 1.24 bits per heavy atom. The lowest BCUT2D eigenvalue weighted by molar-refractivity contribution is -0.142. The number of carbonyl (C=O) groups excluding carboxylic acids is 1. The summed E-state index contributed by atoms with van der Waals surface area (Å²) in [5.74, 6) is -2.59. The summed E-state index contributed by atoms with van der Waals surface area (Å²) < 4.78 is 26.1. The van der Waals surface area contributed by atoms with Crippen LogP contribution in [0.15, 0.2) is 29.2 Å². The van der Waals surface area contributed by atoms with Gasteiger partial charge in [0.1, 0.15) is 0 Å². The number of primary amides is 1. The number of hydrogen-bond acceptors (Lipinski definition) is 4. The van der Waals surface area contributed by atoms with Gasteiger partial charge in [0.05, 0.1) is 10.8 Å². The van der Waals surface area contributed by atoms with Crippen molar-refractivity contribution < 1.29 is 23.1 Å². The number of nitrogens with two attached hydrogens (primary N) is 1. The van der Waals surface area contributed by atoms with Crippen LogP contribution in [0, 0.1) is 11.8 Å². The molecule has 2 rings (SSSR count). The van der Waals surface area contributed by atoms with Gasteiger partial charge in [-0.25, -0.2) is 8.42 Å². The average molecular weight is 312 g/mol. The van der Waals surface area contributed by atoms with Gasteiger partial charge in [-0.05, 0) is 30.2 Å². The van der Waals surface area contributed by atoms with E-state index in [9.17, 15) is 18.0 Å². The van der Waals surface area contributed by atoms with Gasteiger partial charge in [-0.2, -0.15) is 4.31 Å². The SMILES string of the molecule is CC1CN(S(=O)(=O)c2ccc(C(N)=O)cc2)CC1C(=O)O. The molecule has 1 aromatic rings. The van der Waals surface area contributed by atoms with Crippen molar-refractivity contribution in [3.05, 3.63) is 29.8 Å². The number of aliphatic carboxylic acids is 1. The predicted octanol–water partition coefficient (Wildman–Crippen LogP) is 0.127. The smallest absolute Gasteiger partial charge is 0.308 e. The van der Waals surface area contributed by atoms with Gasteiger partial charge in [0.25, 0.3) is 0 Å². The molecule has 0 bridgehead atoms. The lowest BCUT2D eigenvalue weighted by Gasteiger charge is -2.16. The first-order valence-corrected chi connectivity index (χ1v) is 7.80. The Morgan fingerprint density at radius 2 is 1.81 bits per heavy atom. The quantitative estimate of drug-likeness (QED) is 0.819. The monoisotopic (exact) mass is 312 g/mol. The number of nitrogens with zero attached hydrogens (tertiary/aromatic N) is 1. The Morgan fingerprint density at radius 3 is 2.24 bits per heavy atom. The average Bonchev–Trinajstić information content (AvgIpc) is 2.82. The molecule has 0 aromatic heterocycles. The maximum Gasteiger partial charge on any atom is 0.308 e. The summed E-state index contributed by atoms with van der Waals surface area (Å²) >= 11 is 0. The first-order valence-electron chi connectivity index (χ1n) is 6.36. The van der Waals surface area contributed by atoms with Gasteiger partial charge in [-0.1, -0.05) is 6.92 Å². The Hall–Kier alpha value is -1.93. The van der Waals surface area contributed by atoms with Crippen LogP contribution in [0.2, 0.25) is 0 Å². The Kier molecular flexibility index (Phi) is 4.02. The number of sulfonamides is 1. The highest BCUT2D eigenvalue weighted by molar-refractivity contribution is 7.89. The van der Waals surface area contributed by atoms with E-state index in [0.29, 0.717) is 0 Å². The van der Waals surface area contributed by atoms with Gasteiger partial charge in [0, 0.05) is 18.7 Å². The highest BCUT2D eigenvalue weighted by Crippen LogP contribution is 2.28. The minimum Gasteiger partial charge on any atom is -0.481 e. The highest BCUT2D eigenvalue weighted by Gasteiger charge is 2.40. The fraction of sp³-hybridized carbons (Fsp3) is 0.385. The van der Waals surface area contributed by atoms with Crippen molar-refractivity contribution in [2.75, 3.05) is 13.1 Å². The van der Waals surface area contributed by atoms with Gasteiger partial charge >= 0.3 is 5.97 Å².